The van der Waals surface area contributed by atoms with Gasteiger partial charge in [0.1, 0.15) is 6.67 Å². The van der Waals surface area contributed by atoms with Crippen molar-refractivity contribution >= 4 is 132 Å². The van der Waals surface area contributed by atoms with Crippen molar-refractivity contribution in [2.75, 3.05) is 14.1 Å². The summed E-state index contributed by atoms with van der Waals surface area (Å²) in [6.45, 7) is 14.6. The van der Waals surface area contributed by atoms with Crippen LogP contribution in [0, 0.1) is 6.92 Å². The fraction of sp³-hybridized carbons (Fsp3) is 0.0698. The van der Waals surface area contributed by atoms with E-state index < -0.39 is 0 Å². The van der Waals surface area contributed by atoms with Crippen LogP contribution in [0.15, 0.2) is 314 Å². The molecule has 14 aromatic carbocycles. The topological polar surface area (TPSA) is 46.6 Å². The van der Waals surface area contributed by atoms with E-state index in [-0.39, 0.29) is 6.04 Å². The van der Waals surface area contributed by atoms with Crippen LogP contribution in [0.25, 0.3) is 114 Å². The number of aryl methyl sites for hydroxylation is 1. The molecule has 0 bridgehead atoms. The van der Waals surface area contributed by atoms with E-state index in [9.17, 15) is 0 Å². The molecule has 2 heterocycles. The molecule has 5 heteroatoms. The highest BCUT2D eigenvalue weighted by molar-refractivity contribution is 6.35. The molecule has 0 amide bonds. The van der Waals surface area contributed by atoms with Crippen molar-refractivity contribution in [1.82, 2.24) is 14.5 Å². The molecule has 0 aliphatic rings. The zero-order valence-corrected chi connectivity index (χ0v) is 52.0. The molecule has 91 heavy (non-hydrogen) atoms. The van der Waals surface area contributed by atoms with Crippen molar-refractivity contribution < 1.29 is 0 Å². The number of benzene rings is 14. The molecule has 0 saturated heterocycles. The Morgan fingerprint density at radius 2 is 0.967 bits per heavy atom. The number of nitrogens with zero attached hydrogens (tertiary/aromatic N) is 4. The lowest BCUT2D eigenvalue weighted by molar-refractivity contribution is 0.724. The molecule has 5 nitrogen and oxygen atoms in total. The predicted octanol–water partition coefficient (Wildman–Crippen LogP) is 22.5. The van der Waals surface area contributed by atoms with Crippen molar-refractivity contribution in [1.29, 1.82) is 0 Å². The first-order valence-electron chi connectivity index (χ1n) is 31.2. The molecular formula is C86H71N5. The number of hydrogen-bond donors (Lipinski definition) is 1. The Morgan fingerprint density at radius 3 is 1.64 bits per heavy atom. The quantitative estimate of drug-likeness (QED) is 0.0631. The van der Waals surface area contributed by atoms with Crippen LogP contribution >= 0.6 is 0 Å². The van der Waals surface area contributed by atoms with Gasteiger partial charge in [0.25, 0.3) is 0 Å². The summed E-state index contributed by atoms with van der Waals surface area (Å²) in [4.78, 5) is 9.71. The first kappa shape index (κ1) is 58.8. The normalized spacial score (nSPS) is 12.1. The third-order valence-electron chi connectivity index (χ3n) is 17.5. The highest BCUT2D eigenvalue weighted by Crippen LogP contribution is 2.47. The Hall–Kier alpha value is -11.2. The van der Waals surface area contributed by atoms with Gasteiger partial charge in [-0.2, -0.15) is 0 Å². The van der Waals surface area contributed by atoms with Crippen molar-refractivity contribution in [3.8, 4) is 0 Å². The van der Waals surface area contributed by atoms with Gasteiger partial charge >= 0.3 is 0 Å². The number of allylic oxidation sites excluding steroid dienone is 3. The van der Waals surface area contributed by atoms with Crippen LogP contribution in [-0.2, 0) is 6.67 Å². The molecule has 1 N–H and O–H groups in total. The summed E-state index contributed by atoms with van der Waals surface area (Å²) in [5, 5.41) is 23.1. The lowest BCUT2D eigenvalue weighted by atomic mass is 9.92. The summed E-state index contributed by atoms with van der Waals surface area (Å²) in [7, 11) is 3.75. The van der Waals surface area contributed by atoms with Gasteiger partial charge in [0.2, 0.25) is 0 Å². The summed E-state index contributed by atoms with van der Waals surface area (Å²) in [6.07, 6.45) is 8.58. The van der Waals surface area contributed by atoms with Crippen LogP contribution in [0.1, 0.15) is 46.3 Å². The van der Waals surface area contributed by atoms with E-state index in [0.717, 1.165) is 22.5 Å². The molecule has 1 atom stereocenters. The van der Waals surface area contributed by atoms with Crippen LogP contribution in [-0.4, -0.2) is 35.7 Å². The van der Waals surface area contributed by atoms with Gasteiger partial charge in [0.05, 0.1) is 39.5 Å². The van der Waals surface area contributed by atoms with E-state index in [1.165, 1.54) is 131 Å². The molecular weight excluding hydrogens is 1100 g/mol. The molecule has 0 fully saturated rings. The summed E-state index contributed by atoms with van der Waals surface area (Å²) in [6, 6.07) is 98.5. The first-order valence-corrected chi connectivity index (χ1v) is 31.2. The summed E-state index contributed by atoms with van der Waals surface area (Å²) in [5.74, 6) is 0. The minimum atomic E-state index is -0.0181. The third-order valence-corrected chi connectivity index (χ3v) is 17.5. The third kappa shape index (κ3) is 10.8. The maximum Gasteiger partial charge on any atom is 0.115 e. The van der Waals surface area contributed by atoms with E-state index in [4.69, 9.17) is 4.99 Å². The number of rotatable bonds is 10. The number of aromatic nitrogens is 2. The van der Waals surface area contributed by atoms with E-state index in [1.54, 1.807) is 0 Å². The molecule has 0 saturated carbocycles. The second-order valence-corrected chi connectivity index (χ2v) is 22.8. The Kier molecular flexibility index (Phi) is 16.9. The van der Waals surface area contributed by atoms with Crippen molar-refractivity contribution in [2.24, 2.45) is 9.98 Å². The molecule has 0 aliphatic heterocycles. The fourth-order valence-corrected chi connectivity index (χ4v) is 13.7. The van der Waals surface area contributed by atoms with Crippen molar-refractivity contribution in [3.63, 3.8) is 0 Å². The van der Waals surface area contributed by atoms with Gasteiger partial charge in [-0.1, -0.05) is 267 Å². The number of hydrogen-bond acceptors (Lipinski definition) is 3. The number of para-hydroxylation sites is 1. The zero-order valence-electron chi connectivity index (χ0n) is 52.0. The minimum absolute atomic E-state index is 0.0181. The fourth-order valence-electron chi connectivity index (χ4n) is 13.7. The first-order chi connectivity index (χ1) is 45.0. The van der Waals surface area contributed by atoms with E-state index >= 15 is 0 Å². The van der Waals surface area contributed by atoms with Gasteiger partial charge in [0.15, 0.2) is 0 Å². The van der Waals surface area contributed by atoms with Gasteiger partial charge in [-0.3, -0.25) is 9.98 Å². The highest BCUT2D eigenvalue weighted by atomic mass is 15.1. The molecule has 16 rings (SSSR count). The number of aliphatic imine (C=N–C) groups is 2. The monoisotopic (exact) mass is 1170 g/mol. The maximum atomic E-state index is 5.37. The molecule has 0 radical (unpaired) electrons. The summed E-state index contributed by atoms with van der Waals surface area (Å²) < 4.78 is 5.02. The Balaban J connectivity index is 0.000000156. The average Bonchev–Trinajstić information content (AvgIpc) is 1.58. The molecule has 440 valence electrons. The van der Waals surface area contributed by atoms with Crippen LogP contribution in [0.4, 0.5) is 5.69 Å². The van der Waals surface area contributed by atoms with Gasteiger partial charge in [-0.05, 0) is 146 Å². The molecule has 16 aromatic rings. The molecule has 2 aromatic heterocycles. The Bertz CT molecular complexity index is 5480. The van der Waals surface area contributed by atoms with Crippen LogP contribution in [0.2, 0.25) is 0 Å². The van der Waals surface area contributed by atoms with Gasteiger partial charge < -0.3 is 14.5 Å². The lowest BCUT2D eigenvalue weighted by Crippen LogP contribution is -2.13. The van der Waals surface area contributed by atoms with E-state index in [1.807, 2.05) is 38.4 Å². The highest BCUT2D eigenvalue weighted by Gasteiger charge is 2.27. The van der Waals surface area contributed by atoms with E-state index in [2.05, 4.69) is 326 Å². The predicted molar refractivity (Wildman–Crippen MR) is 397 cm³/mol. The van der Waals surface area contributed by atoms with Gasteiger partial charge in [-0.15, -0.1) is 13.2 Å². The van der Waals surface area contributed by atoms with E-state index in [0.29, 0.717) is 6.67 Å². The molecule has 0 spiro atoms. The smallest absolute Gasteiger partial charge is 0.115 e. The summed E-state index contributed by atoms with van der Waals surface area (Å²) >= 11 is 0. The minimum Gasteiger partial charge on any atom is -0.329 e. The summed E-state index contributed by atoms with van der Waals surface area (Å²) in [5.41, 5.74) is 13.7. The van der Waals surface area contributed by atoms with Crippen LogP contribution in [0.5, 0.6) is 0 Å². The Labute approximate surface area is 532 Å². The number of nitrogens with one attached hydrogen (secondary N) is 1. The standard InChI is InChI=1S/C43H33N.C39H27N3.C2H7N.C2H4/c1-3-4-5-18-33-28-40-42(38-22-13-12-20-36(33)38)41-37-21-11-9-16-31(37)25-26-39(41)44(40)43(35-19-10-6-14-29(35)2)34-24-23-30-15-7-8-17-32(30)27-34;1-40-34-22-12-11-21-33(34)38(27-14-3-2-4-15-27)41-25-42-35-24-23-26-13-5-6-16-28(26)36(35)37-31-19-9-7-17-29(31)30-18-8-10-20-32(30)39(37)42;1-3-2;1-2/h3-28,43H,1-2H3;2-24H,1,25H2;3H,1-2H3;1-2H2/b4-3-,18-5-;41-38-;;. The molecule has 0 aliphatic carbocycles. The lowest BCUT2D eigenvalue weighted by Gasteiger charge is -2.25. The van der Waals surface area contributed by atoms with Crippen molar-refractivity contribution in [2.45, 2.75) is 26.6 Å². The number of fused-ring (bicyclic) bond motifs is 18. The Morgan fingerprint density at radius 1 is 0.462 bits per heavy atom. The maximum absolute atomic E-state index is 5.37. The second kappa shape index (κ2) is 26.2. The SMILES string of the molecule is C/C=C\C=C/c1cc2c(c3ccccc13)c1c3ccccc3ccc1n2C(c1ccc2ccccc2c1)c1ccccc1C.C=C.C=Nc1ccccc1/C(=N\Cn1c2ccc3ccccc3c2c2c3ccccc3c3ccccc3c21)c1ccccc1.CNC. The second-order valence-electron chi connectivity index (χ2n) is 22.8. The van der Waals surface area contributed by atoms with Crippen LogP contribution in [0.3, 0.4) is 0 Å². The largest absolute Gasteiger partial charge is 0.329 e. The van der Waals surface area contributed by atoms with Crippen LogP contribution < -0.4 is 5.32 Å². The average molecular weight is 1170 g/mol. The van der Waals surface area contributed by atoms with Gasteiger partial charge in [0, 0.05) is 38.1 Å². The molecule has 1 unspecified atom stereocenters. The van der Waals surface area contributed by atoms with Gasteiger partial charge in [-0.25, -0.2) is 0 Å². The van der Waals surface area contributed by atoms with Crippen molar-refractivity contribution in [3.05, 3.63) is 338 Å². The zero-order chi connectivity index (χ0) is 62.4.